The van der Waals surface area contributed by atoms with Gasteiger partial charge in [0.2, 0.25) is 6.41 Å². The number of imide groups is 1. The van der Waals surface area contributed by atoms with Gasteiger partial charge in [0.15, 0.2) is 0 Å². The first kappa shape index (κ1) is 29.8. The lowest BCUT2D eigenvalue weighted by molar-refractivity contribution is -0.108. The molecular formula is C26H26Br2IN5O4. The molecule has 2 aromatic heterocycles. The van der Waals surface area contributed by atoms with Gasteiger partial charge >= 0.3 is 0 Å². The fourth-order valence-electron chi connectivity index (χ4n) is 3.92. The van der Waals surface area contributed by atoms with E-state index in [1.807, 2.05) is 41.0 Å². The van der Waals surface area contributed by atoms with E-state index in [0.717, 1.165) is 41.9 Å². The quantitative estimate of drug-likeness (QED) is 0.194. The van der Waals surface area contributed by atoms with Gasteiger partial charge in [-0.25, -0.2) is 9.97 Å². The predicted octanol–water partition coefficient (Wildman–Crippen LogP) is 6.17. The minimum absolute atomic E-state index is 0. The van der Waals surface area contributed by atoms with Crippen molar-refractivity contribution in [1.82, 2.24) is 24.4 Å². The standard InChI is InChI=1S/C13H10BrN3O3.C11H8BrIN2O.2CH4/c14-8-1-2-9-11(5-8)20-4-3-17-6-10(16-12(9)17)13(19)15-7-18;12-7-1-2-8-9(5-7)16-4-3-15-6-10(13)14-11(8)15;;/h1-2,5-7H,3-4H2,(H,15,18,19);1-2,5-6H,3-4H2;2*1H4. The predicted molar refractivity (Wildman–Crippen MR) is 161 cm³/mol. The van der Waals surface area contributed by atoms with Gasteiger partial charge in [-0.1, -0.05) is 46.7 Å². The van der Waals surface area contributed by atoms with Crippen molar-refractivity contribution in [1.29, 1.82) is 0 Å². The Balaban J connectivity index is 0.000000204. The van der Waals surface area contributed by atoms with Gasteiger partial charge in [0, 0.05) is 21.3 Å². The number of nitrogens with one attached hydrogen (secondary N) is 1. The Morgan fingerprint density at radius 2 is 1.42 bits per heavy atom. The van der Waals surface area contributed by atoms with Gasteiger partial charge in [-0.2, -0.15) is 0 Å². The topological polar surface area (TPSA) is 100 Å². The number of hydrogen-bond donors (Lipinski definition) is 1. The van der Waals surface area contributed by atoms with Gasteiger partial charge in [-0.3, -0.25) is 14.9 Å². The molecule has 2 aliphatic heterocycles. The van der Waals surface area contributed by atoms with Crippen LogP contribution in [0.4, 0.5) is 0 Å². The lowest BCUT2D eigenvalue weighted by Gasteiger charge is -2.06. The fraction of sp³-hybridized carbons (Fsp3) is 0.231. The number of rotatable bonds is 2. The van der Waals surface area contributed by atoms with Gasteiger partial charge in [-0.15, -0.1) is 0 Å². The first-order valence-electron chi connectivity index (χ1n) is 10.8. The SMILES string of the molecule is Brc1ccc2c(c1)OCCn1cc(I)nc1-2.C.C.O=CNC(=O)c1cn2c(n1)-c1ccc(Br)cc1OCC2. The van der Waals surface area contributed by atoms with Crippen LogP contribution < -0.4 is 14.8 Å². The maximum Gasteiger partial charge on any atom is 0.277 e. The van der Waals surface area contributed by atoms with Gasteiger partial charge in [-0.05, 0) is 59.0 Å². The molecule has 0 saturated heterocycles. The number of halogens is 3. The van der Waals surface area contributed by atoms with Crippen LogP contribution in [-0.2, 0) is 17.9 Å². The molecule has 0 saturated carbocycles. The molecule has 2 aromatic carbocycles. The van der Waals surface area contributed by atoms with E-state index < -0.39 is 5.91 Å². The molecule has 4 heterocycles. The van der Waals surface area contributed by atoms with Crippen molar-refractivity contribution >= 4 is 66.8 Å². The van der Waals surface area contributed by atoms with Crippen molar-refractivity contribution in [2.24, 2.45) is 0 Å². The van der Waals surface area contributed by atoms with E-state index in [-0.39, 0.29) is 20.5 Å². The average Bonchev–Trinajstić information content (AvgIpc) is 3.34. The molecule has 200 valence electrons. The van der Waals surface area contributed by atoms with E-state index >= 15 is 0 Å². The second-order valence-electron chi connectivity index (χ2n) is 7.79. The van der Waals surface area contributed by atoms with Crippen molar-refractivity contribution < 1.29 is 19.1 Å². The average molecular weight is 759 g/mol. The van der Waals surface area contributed by atoms with Crippen LogP contribution in [0, 0.1) is 3.70 Å². The Kier molecular flexibility index (Phi) is 10.1. The zero-order chi connectivity index (χ0) is 25.2. The van der Waals surface area contributed by atoms with Crippen molar-refractivity contribution in [3.63, 3.8) is 0 Å². The van der Waals surface area contributed by atoms with Crippen LogP contribution in [-0.4, -0.2) is 44.6 Å². The molecule has 1 N–H and O–H groups in total. The van der Waals surface area contributed by atoms with Crippen molar-refractivity contribution in [3.05, 3.63) is 67.1 Å². The Bertz CT molecular complexity index is 1470. The van der Waals surface area contributed by atoms with E-state index in [0.29, 0.717) is 37.7 Å². The molecule has 12 heteroatoms. The molecule has 6 rings (SSSR count). The maximum absolute atomic E-state index is 11.7. The number of amides is 2. The van der Waals surface area contributed by atoms with Gasteiger partial charge in [0.25, 0.3) is 5.91 Å². The second-order valence-corrected chi connectivity index (χ2v) is 10.7. The van der Waals surface area contributed by atoms with Crippen LogP contribution in [0.3, 0.4) is 0 Å². The van der Waals surface area contributed by atoms with E-state index in [9.17, 15) is 9.59 Å². The minimum Gasteiger partial charge on any atom is -0.491 e. The van der Waals surface area contributed by atoms with Crippen LogP contribution >= 0.6 is 54.5 Å². The highest BCUT2D eigenvalue weighted by Gasteiger charge is 2.21. The van der Waals surface area contributed by atoms with E-state index in [1.165, 1.54) is 0 Å². The number of fused-ring (bicyclic) bond motifs is 6. The molecule has 2 aliphatic rings. The molecule has 0 atom stereocenters. The molecule has 0 radical (unpaired) electrons. The van der Waals surface area contributed by atoms with Gasteiger partial charge < -0.3 is 18.6 Å². The van der Waals surface area contributed by atoms with Crippen molar-refractivity contribution in [3.8, 4) is 34.3 Å². The zero-order valence-corrected chi connectivity index (χ0v) is 23.9. The Morgan fingerprint density at radius 1 is 0.895 bits per heavy atom. The summed E-state index contributed by atoms with van der Waals surface area (Å²) in [4.78, 5) is 30.8. The molecule has 0 aliphatic carbocycles. The number of aromatic nitrogens is 4. The summed E-state index contributed by atoms with van der Waals surface area (Å²) in [6.45, 7) is 2.60. The Labute approximate surface area is 251 Å². The minimum atomic E-state index is -0.514. The third kappa shape index (κ3) is 6.29. The monoisotopic (exact) mass is 757 g/mol. The van der Waals surface area contributed by atoms with Crippen molar-refractivity contribution in [2.75, 3.05) is 13.2 Å². The number of imidazole rings is 2. The molecule has 0 unspecified atom stereocenters. The molecule has 9 nitrogen and oxygen atoms in total. The Hall–Kier alpha value is -2.71. The summed E-state index contributed by atoms with van der Waals surface area (Å²) in [5.74, 6) is 2.74. The first-order valence-corrected chi connectivity index (χ1v) is 13.5. The highest BCUT2D eigenvalue weighted by atomic mass is 127. The zero-order valence-electron chi connectivity index (χ0n) is 18.6. The largest absolute Gasteiger partial charge is 0.491 e. The summed E-state index contributed by atoms with van der Waals surface area (Å²) < 4.78 is 18.3. The van der Waals surface area contributed by atoms with Crippen LogP contribution in [0.15, 0.2) is 57.7 Å². The number of nitrogens with zero attached hydrogens (tertiary/aromatic N) is 4. The molecule has 2 amide bonds. The molecule has 38 heavy (non-hydrogen) atoms. The van der Waals surface area contributed by atoms with E-state index in [2.05, 4.69) is 80.5 Å². The van der Waals surface area contributed by atoms with Crippen LogP contribution in [0.2, 0.25) is 0 Å². The van der Waals surface area contributed by atoms with Crippen LogP contribution in [0.1, 0.15) is 25.3 Å². The summed E-state index contributed by atoms with van der Waals surface area (Å²) in [7, 11) is 0. The van der Waals surface area contributed by atoms with E-state index in [4.69, 9.17) is 9.47 Å². The normalized spacial score (nSPS) is 12.4. The lowest BCUT2D eigenvalue weighted by Crippen LogP contribution is -2.21. The van der Waals surface area contributed by atoms with Crippen LogP contribution in [0.25, 0.3) is 22.8 Å². The third-order valence-electron chi connectivity index (χ3n) is 5.49. The number of hydrogen-bond acceptors (Lipinski definition) is 6. The van der Waals surface area contributed by atoms with Gasteiger partial charge in [0.05, 0.1) is 24.2 Å². The summed E-state index contributed by atoms with van der Waals surface area (Å²) in [5.41, 5.74) is 2.09. The highest BCUT2D eigenvalue weighted by Crippen LogP contribution is 2.35. The summed E-state index contributed by atoms with van der Waals surface area (Å²) >= 11 is 9.08. The second kappa shape index (κ2) is 12.9. The van der Waals surface area contributed by atoms with Crippen LogP contribution in [0.5, 0.6) is 11.5 Å². The Morgan fingerprint density at radius 3 is 1.97 bits per heavy atom. The molecule has 0 fully saturated rings. The number of carbonyl (C=O) groups excluding carboxylic acids is 2. The summed E-state index contributed by atoms with van der Waals surface area (Å²) in [6, 6.07) is 11.7. The number of ether oxygens (including phenoxy) is 2. The fourth-order valence-corrected chi connectivity index (χ4v) is 5.16. The number of benzene rings is 2. The molecule has 0 spiro atoms. The highest BCUT2D eigenvalue weighted by molar-refractivity contribution is 14.1. The third-order valence-corrected chi connectivity index (χ3v) is 7.00. The molecule has 4 aromatic rings. The molecule has 0 bridgehead atoms. The summed E-state index contributed by atoms with van der Waals surface area (Å²) in [5, 5.41) is 2.09. The maximum atomic E-state index is 11.7. The smallest absolute Gasteiger partial charge is 0.277 e. The number of carbonyl (C=O) groups is 2. The molecular weight excluding hydrogens is 733 g/mol. The van der Waals surface area contributed by atoms with Crippen molar-refractivity contribution in [2.45, 2.75) is 27.9 Å². The summed E-state index contributed by atoms with van der Waals surface area (Å²) in [6.07, 6.45) is 4.02. The van der Waals surface area contributed by atoms with E-state index in [1.54, 1.807) is 6.20 Å². The lowest BCUT2D eigenvalue weighted by atomic mass is 10.2. The first-order chi connectivity index (χ1) is 17.4. The van der Waals surface area contributed by atoms with Gasteiger partial charge in [0.1, 0.15) is 45.8 Å².